The Balaban J connectivity index is 0.000000511. The van der Waals surface area contributed by atoms with Crippen LogP contribution in [-0.4, -0.2) is 22.4 Å². The molecule has 2 aromatic rings. The van der Waals surface area contributed by atoms with Crippen molar-refractivity contribution in [3.63, 3.8) is 0 Å². The zero-order valence-electron chi connectivity index (χ0n) is 34.5. The molecular weight excluding hydrogens is 600 g/mol. The Morgan fingerprint density at radius 1 is 0.333 bits per heavy atom. The van der Waals surface area contributed by atoms with Gasteiger partial charge in [-0.15, -0.1) is 0 Å². The van der Waals surface area contributed by atoms with E-state index in [1.807, 2.05) is 69.2 Å². The lowest BCUT2D eigenvalue weighted by Gasteiger charge is -2.36. The summed E-state index contributed by atoms with van der Waals surface area (Å²) in [6.45, 7) is 41.5. The summed E-state index contributed by atoms with van der Waals surface area (Å²) in [6.07, 6.45) is 1.62. The van der Waals surface area contributed by atoms with E-state index in [2.05, 4.69) is 118 Å². The van der Waals surface area contributed by atoms with Crippen molar-refractivity contribution < 1.29 is 29.3 Å². The van der Waals surface area contributed by atoms with Gasteiger partial charge in [0.15, 0.2) is 0 Å². The van der Waals surface area contributed by atoms with E-state index in [0.717, 1.165) is 24.0 Å². The predicted molar refractivity (Wildman–Crippen MR) is 200 cm³/mol. The molecule has 276 valence electrons. The Morgan fingerprint density at radius 3 is 0.812 bits per heavy atom. The lowest BCUT2D eigenvalue weighted by atomic mass is 9.79. The van der Waals surface area contributed by atoms with Gasteiger partial charge < -0.3 is 0 Å². The van der Waals surface area contributed by atoms with Gasteiger partial charge >= 0.3 is 0 Å². The van der Waals surface area contributed by atoms with Crippen LogP contribution in [0.15, 0.2) is 48.5 Å². The molecule has 0 atom stereocenters. The fraction of sp³-hybridized carbons (Fsp3) is 0.714. The largest absolute Gasteiger partial charge is 0.230 e. The molecule has 2 rings (SSSR count). The van der Waals surface area contributed by atoms with Gasteiger partial charge in [-0.05, 0) is 143 Å². The molecule has 0 aliphatic rings. The topological polar surface area (TPSA) is 55.4 Å². The van der Waals surface area contributed by atoms with Crippen molar-refractivity contribution in [2.45, 2.75) is 196 Å². The Labute approximate surface area is 295 Å². The summed E-state index contributed by atoms with van der Waals surface area (Å²) in [5.41, 5.74) is 2.44. The fourth-order valence-electron chi connectivity index (χ4n) is 4.78. The minimum Gasteiger partial charge on any atom is -0.230 e. The first-order valence-corrected chi connectivity index (χ1v) is 17.6. The number of benzene rings is 2. The summed E-state index contributed by atoms with van der Waals surface area (Å²) < 4.78 is 0. The maximum atomic E-state index is 6.14. The molecule has 0 spiro atoms. The fourth-order valence-corrected chi connectivity index (χ4v) is 4.78. The molecule has 0 saturated heterocycles. The minimum absolute atomic E-state index is 0.0333. The van der Waals surface area contributed by atoms with E-state index in [0.29, 0.717) is 0 Å². The molecule has 0 aliphatic heterocycles. The van der Waals surface area contributed by atoms with Gasteiger partial charge in [-0.3, -0.25) is 0 Å². The van der Waals surface area contributed by atoms with Gasteiger partial charge in [0.25, 0.3) is 0 Å². The molecule has 0 radical (unpaired) electrons. The molecule has 6 nitrogen and oxygen atoms in total. The van der Waals surface area contributed by atoms with Crippen molar-refractivity contribution in [1.29, 1.82) is 0 Å². The van der Waals surface area contributed by atoms with Crippen molar-refractivity contribution in [2.24, 2.45) is 0 Å². The summed E-state index contributed by atoms with van der Waals surface area (Å²) >= 11 is 0. The van der Waals surface area contributed by atoms with Crippen LogP contribution in [0, 0.1) is 0 Å². The van der Waals surface area contributed by atoms with Gasteiger partial charge in [-0.2, -0.15) is 0 Å². The first-order chi connectivity index (χ1) is 21.3. The zero-order valence-corrected chi connectivity index (χ0v) is 34.5. The minimum atomic E-state index is -0.572. The summed E-state index contributed by atoms with van der Waals surface area (Å²) in [7, 11) is 0. The van der Waals surface area contributed by atoms with Crippen molar-refractivity contribution in [3.8, 4) is 0 Å². The van der Waals surface area contributed by atoms with E-state index in [9.17, 15) is 0 Å². The third-order valence-electron chi connectivity index (χ3n) is 7.59. The van der Waals surface area contributed by atoms with Crippen LogP contribution < -0.4 is 0 Å². The Kier molecular flexibility index (Phi) is 14.8. The molecule has 0 N–H and O–H groups in total. The number of rotatable bonds is 12. The van der Waals surface area contributed by atoms with E-state index >= 15 is 0 Å². The SMILES string of the molecule is CC(C)(C)OOC(C)(C)CCC(C)(C)OOC(C)(C)C.CC(C)(C)c1ccccc1C(C)(C)OOC(C)(C)c1ccccc1C(C)(C)C. The van der Waals surface area contributed by atoms with Gasteiger partial charge in [-0.1, -0.05) is 90.1 Å². The van der Waals surface area contributed by atoms with Crippen LogP contribution in [0.1, 0.15) is 174 Å². The lowest BCUT2D eigenvalue weighted by molar-refractivity contribution is -0.410. The molecular formula is C42H72O6. The Bertz CT molecular complexity index is 1160. The van der Waals surface area contributed by atoms with Gasteiger partial charge in [0.05, 0.1) is 22.4 Å². The Hall–Kier alpha value is -1.80. The third kappa shape index (κ3) is 15.8. The second-order valence-electron chi connectivity index (χ2n) is 19.4. The Morgan fingerprint density at radius 2 is 0.583 bits per heavy atom. The van der Waals surface area contributed by atoms with E-state index in [1.54, 1.807) is 0 Å². The van der Waals surface area contributed by atoms with Gasteiger partial charge in [-0.25, -0.2) is 29.3 Å². The maximum Gasteiger partial charge on any atom is 0.123 e. The average molecular weight is 673 g/mol. The standard InChI is InChI=1S/C26H38O2.C16H34O4/c1-23(2,3)19-15-11-13-17-21(19)25(7,8)27-28-26(9,10)22-18-14-12-16-20(22)24(4,5)6;1-13(2,3)17-19-15(7,8)11-12-16(9,10)20-18-14(4,5)6/h11-18H,1-10H3;11-12H2,1-10H3. The smallest absolute Gasteiger partial charge is 0.123 e. The number of hydrogen-bond acceptors (Lipinski definition) is 6. The molecule has 6 heteroatoms. The van der Waals surface area contributed by atoms with Crippen LogP contribution in [0.2, 0.25) is 0 Å². The molecule has 0 saturated carbocycles. The monoisotopic (exact) mass is 673 g/mol. The number of hydrogen-bond donors (Lipinski definition) is 0. The van der Waals surface area contributed by atoms with Crippen LogP contribution >= 0.6 is 0 Å². The van der Waals surface area contributed by atoms with Gasteiger partial charge in [0.1, 0.15) is 11.2 Å². The van der Waals surface area contributed by atoms with Crippen LogP contribution in [0.25, 0.3) is 0 Å². The highest BCUT2D eigenvalue weighted by Gasteiger charge is 2.35. The second-order valence-corrected chi connectivity index (χ2v) is 19.4. The molecule has 0 aromatic heterocycles. The summed E-state index contributed by atoms with van der Waals surface area (Å²) in [6, 6.07) is 16.9. The summed E-state index contributed by atoms with van der Waals surface area (Å²) in [5, 5.41) is 0. The van der Waals surface area contributed by atoms with E-state index in [1.165, 1.54) is 11.1 Å². The molecule has 0 heterocycles. The molecule has 48 heavy (non-hydrogen) atoms. The van der Waals surface area contributed by atoms with Crippen LogP contribution in [-0.2, 0) is 51.4 Å². The first kappa shape index (κ1) is 44.2. The van der Waals surface area contributed by atoms with Crippen LogP contribution in [0.5, 0.6) is 0 Å². The highest BCUT2D eigenvalue weighted by molar-refractivity contribution is 5.37. The second kappa shape index (κ2) is 16.0. The normalized spacial score (nSPS) is 14.1. The molecule has 0 fully saturated rings. The van der Waals surface area contributed by atoms with Crippen molar-refractivity contribution in [1.82, 2.24) is 0 Å². The molecule has 2 aromatic carbocycles. The van der Waals surface area contributed by atoms with Crippen LogP contribution in [0.3, 0.4) is 0 Å². The van der Waals surface area contributed by atoms with Crippen molar-refractivity contribution in [3.05, 3.63) is 70.8 Å². The summed E-state index contributed by atoms with van der Waals surface area (Å²) in [4.78, 5) is 34.2. The maximum absolute atomic E-state index is 6.14. The first-order valence-electron chi connectivity index (χ1n) is 17.6. The highest BCUT2D eigenvalue weighted by Crippen LogP contribution is 2.39. The predicted octanol–water partition coefficient (Wildman–Crippen LogP) is 12.2. The van der Waals surface area contributed by atoms with E-state index < -0.39 is 11.2 Å². The lowest BCUT2D eigenvalue weighted by Crippen LogP contribution is -2.35. The summed E-state index contributed by atoms with van der Waals surface area (Å²) in [5.74, 6) is 0. The highest BCUT2D eigenvalue weighted by atomic mass is 17.2. The molecule has 0 bridgehead atoms. The zero-order chi connectivity index (χ0) is 37.6. The average Bonchev–Trinajstić information content (AvgIpc) is 2.92. The van der Waals surface area contributed by atoms with Gasteiger partial charge in [0, 0.05) is 0 Å². The molecule has 0 unspecified atom stereocenters. The van der Waals surface area contributed by atoms with E-state index in [-0.39, 0.29) is 33.2 Å². The van der Waals surface area contributed by atoms with E-state index in [4.69, 9.17) is 29.3 Å². The molecule has 0 aliphatic carbocycles. The van der Waals surface area contributed by atoms with Crippen molar-refractivity contribution >= 4 is 0 Å². The molecule has 0 amide bonds. The van der Waals surface area contributed by atoms with Crippen LogP contribution in [0.4, 0.5) is 0 Å². The van der Waals surface area contributed by atoms with Crippen molar-refractivity contribution in [2.75, 3.05) is 0 Å². The quantitative estimate of drug-likeness (QED) is 0.165. The third-order valence-corrected chi connectivity index (χ3v) is 7.59. The van der Waals surface area contributed by atoms with Gasteiger partial charge in [0.2, 0.25) is 0 Å².